The number of allylic oxidation sites excluding steroid dienone is 2. The molecule has 116 valence electrons. The largest absolute Gasteiger partial charge is 0.416 e. The van der Waals surface area contributed by atoms with Gasteiger partial charge in [0.2, 0.25) is 0 Å². The minimum Gasteiger partial charge on any atom is -0.300 e. The Kier molecular flexibility index (Phi) is 2.80. The second-order valence-electron chi connectivity index (χ2n) is 4.96. The van der Waals surface area contributed by atoms with Gasteiger partial charge in [-0.25, -0.2) is 15.0 Å². The van der Waals surface area contributed by atoms with Crippen molar-refractivity contribution in [2.24, 2.45) is 0 Å². The molecule has 3 heterocycles. The van der Waals surface area contributed by atoms with Gasteiger partial charge in [-0.1, -0.05) is 0 Å². The van der Waals surface area contributed by atoms with Crippen molar-refractivity contribution in [3.63, 3.8) is 0 Å². The summed E-state index contributed by atoms with van der Waals surface area (Å²) in [5, 5.41) is 1.65. The van der Waals surface area contributed by atoms with Crippen LogP contribution in [0.3, 0.4) is 0 Å². The number of halogens is 3. The molecule has 1 aromatic carbocycles. The van der Waals surface area contributed by atoms with Crippen LogP contribution in [0.1, 0.15) is 5.56 Å². The van der Waals surface area contributed by atoms with Crippen molar-refractivity contribution >= 4 is 22.5 Å². The van der Waals surface area contributed by atoms with E-state index in [1.165, 1.54) is 12.3 Å². The summed E-state index contributed by atoms with van der Waals surface area (Å²) in [6.07, 6.45) is 5.85. The van der Waals surface area contributed by atoms with Gasteiger partial charge >= 0.3 is 6.18 Å². The number of aromatic nitrogens is 3. The molecule has 8 heteroatoms. The van der Waals surface area contributed by atoms with Crippen molar-refractivity contribution in [3.05, 3.63) is 60.7 Å². The van der Waals surface area contributed by atoms with Crippen LogP contribution in [-0.4, -0.2) is 14.4 Å². The monoisotopic (exact) mass is 317 g/mol. The van der Waals surface area contributed by atoms with Gasteiger partial charge in [-0.15, -0.1) is 0 Å². The Morgan fingerprint density at radius 1 is 1.13 bits per heavy atom. The molecular weight excluding hydrogens is 307 g/mol. The predicted octanol–water partition coefficient (Wildman–Crippen LogP) is 3.25. The molecule has 1 aliphatic heterocycles. The molecule has 0 saturated heterocycles. The first kappa shape index (κ1) is 13.6. The van der Waals surface area contributed by atoms with Crippen molar-refractivity contribution in [1.29, 1.82) is 0 Å². The fraction of sp³-hybridized carbons (Fsp3) is 0.0667. The van der Waals surface area contributed by atoms with Crippen LogP contribution >= 0.6 is 0 Å². The molecule has 0 aliphatic carbocycles. The number of nitrogens with one attached hydrogen (secondary N) is 1. The average Bonchev–Trinajstić information content (AvgIpc) is 3.03. The molecular formula is C15H10F3N5. The van der Waals surface area contributed by atoms with Gasteiger partial charge in [-0.05, 0) is 30.4 Å². The summed E-state index contributed by atoms with van der Waals surface area (Å²) in [7, 11) is 0. The minimum atomic E-state index is -4.40. The predicted molar refractivity (Wildman–Crippen MR) is 79.4 cm³/mol. The van der Waals surface area contributed by atoms with Crippen molar-refractivity contribution in [1.82, 2.24) is 19.8 Å². The molecule has 5 nitrogen and oxygen atoms in total. The quantitative estimate of drug-likeness (QED) is 0.748. The number of imidazole rings is 1. The zero-order chi connectivity index (χ0) is 16.0. The van der Waals surface area contributed by atoms with Crippen LogP contribution in [0.2, 0.25) is 0 Å². The van der Waals surface area contributed by atoms with Gasteiger partial charge < -0.3 is 5.43 Å². The van der Waals surface area contributed by atoms with Crippen LogP contribution in [0.5, 0.6) is 0 Å². The second kappa shape index (κ2) is 4.73. The Morgan fingerprint density at radius 2 is 2.00 bits per heavy atom. The van der Waals surface area contributed by atoms with Gasteiger partial charge in [0, 0.05) is 24.8 Å². The number of rotatable bonds is 1. The lowest BCUT2D eigenvalue weighted by atomic mass is 10.2. The molecule has 0 unspecified atom stereocenters. The number of fused-ring (bicyclic) bond motifs is 3. The Morgan fingerprint density at radius 3 is 2.74 bits per heavy atom. The number of alkyl halides is 3. The molecule has 1 aliphatic rings. The maximum absolute atomic E-state index is 12.9. The lowest BCUT2D eigenvalue weighted by Gasteiger charge is -2.22. The highest BCUT2D eigenvalue weighted by Gasteiger charge is 2.31. The fourth-order valence-corrected chi connectivity index (χ4v) is 2.47. The summed E-state index contributed by atoms with van der Waals surface area (Å²) in [6.45, 7) is 0. The van der Waals surface area contributed by atoms with E-state index in [9.17, 15) is 13.2 Å². The summed E-state index contributed by atoms with van der Waals surface area (Å²) in [5.41, 5.74) is 3.54. The first-order valence-corrected chi connectivity index (χ1v) is 6.77. The van der Waals surface area contributed by atoms with Gasteiger partial charge in [0.25, 0.3) is 0 Å². The summed E-state index contributed by atoms with van der Waals surface area (Å²) in [6, 6.07) is 3.48. The normalized spacial score (nSPS) is 14.7. The molecule has 0 radical (unpaired) electrons. The van der Waals surface area contributed by atoms with E-state index in [0.29, 0.717) is 22.5 Å². The smallest absolute Gasteiger partial charge is 0.300 e. The van der Waals surface area contributed by atoms with E-state index in [0.717, 1.165) is 12.1 Å². The van der Waals surface area contributed by atoms with Gasteiger partial charge in [0.1, 0.15) is 0 Å². The molecule has 23 heavy (non-hydrogen) atoms. The van der Waals surface area contributed by atoms with Crippen LogP contribution < -0.4 is 10.4 Å². The van der Waals surface area contributed by atoms with Crippen molar-refractivity contribution < 1.29 is 13.2 Å². The third-order valence-electron chi connectivity index (χ3n) is 3.51. The highest BCUT2D eigenvalue weighted by molar-refractivity contribution is 5.84. The minimum absolute atomic E-state index is 0.354. The fourth-order valence-electron chi connectivity index (χ4n) is 2.47. The van der Waals surface area contributed by atoms with Crippen molar-refractivity contribution in [2.45, 2.75) is 6.18 Å². The third-order valence-corrected chi connectivity index (χ3v) is 3.51. The van der Waals surface area contributed by atoms with Crippen LogP contribution in [0.25, 0.3) is 16.7 Å². The Hall–Kier alpha value is -3.03. The van der Waals surface area contributed by atoms with E-state index >= 15 is 0 Å². The molecule has 0 amide bonds. The van der Waals surface area contributed by atoms with Crippen LogP contribution in [0.4, 0.5) is 19.0 Å². The number of hydrazine groups is 1. The zero-order valence-electron chi connectivity index (χ0n) is 11.6. The molecule has 0 saturated carbocycles. The van der Waals surface area contributed by atoms with E-state index < -0.39 is 11.7 Å². The lowest BCUT2D eigenvalue weighted by molar-refractivity contribution is -0.137. The molecule has 2 aromatic heterocycles. The molecule has 0 spiro atoms. The second-order valence-corrected chi connectivity index (χ2v) is 4.96. The highest BCUT2D eigenvalue weighted by Crippen LogP contribution is 2.32. The van der Waals surface area contributed by atoms with Crippen LogP contribution in [0, 0.1) is 0 Å². The van der Waals surface area contributed by atoms with E-state index in [1.54, 1.807) is 28.0 Å². The molecule has 1 N–H and O–H groups in total. The first-order chi connectivity index (χ1) is 11.0. The maximum atomic E-state index is 12.9. The average molecular weight is 317 g/mol. The number of benzene rings is 1. The SMILES string of the molecule is FC(F)(F)c1ccc2nc(N3C=CC=CN3)c3nccn3c2c1. The topological polar surface area (TPSA) is 45.5 Å². The molecule has 0 bridgehead atoms. The van der Waals surface area contributed by atoms with E-state index in [-0.39, 0.29) is 0 Å². The third kappa shape index (κ3) is 2.19. The summed E-state index contributed by atoms with van der Waals surface area (Å²) >= 11 is 0. The number of anilines is 1. The van der Waals surface area contributed by atoms with Gasteiger partial charge in [0.05, 0.1) is 16.6 Å². The highest BCUT2D eigenvalue weighted by atomic mass is 19.4. The van der Waals surface area contributed by atoms with Crippen LogP contribution in [-0.2, 0) is 6.18 Å². The summed E-state index contributed by atoms with van der Waals surface area (Å²) in [4.78, 5) is 8.67. The van der Waals surface area contributed by atoms with Gasteiger partial charge in [0.15, 0.2) is 11.5 Å². The van der Waals surface area contributed by atoms with Crippen molar-refractivity contribution in [3.8, 4) is 0 Å². The standard InChI is InChI=1S/C15H10F3N5/c16-15(17,18)10-3-4-11-12(9-10)22-8-6-19-13(22)14(21-11)23-7-2-1-5-20-23/h1-9,20H. The first-order valence-electron chi connectivity index (χ1n) is 6.77. The summed E-state index contributed by atoms with van der Waals surface area (Å²) < 4.78 is 40.4. The molecule has 0 fully saturated rings. The van der Waals surface area contributed by atoms with E-state index in [1.807, 2.05) is 12.2 Å². The Bertz CT molecular complexity index is 955. The van der Waals surface area contributed by atoms with Gasteiger partial charge in [-0.3, -0.25) is 4.40 Å². The number of hydrogen-bond donors (Lipinski definition) is 1. The zero-order valence-corrected chi connectivity index (χ0v) is 11.6. The van der Waals surface area contributed by atoms with Crippen LogP contribution in [0.15, 0.2) is 55.1 Å². The number of nitrogens with zero attached hydrogens (tertiary/aromatic N) is 4. The van der Waals surface area contributed by atoms with Gasteiger partial charge in [-0.2, -0.15) is 13.2 Å². The van der Waals surface area contributed by atoms with E-state index in [2.05, 4.69) is 15.4 Å². The molecule has 0 atom stereocenters. The van der Waals surface area contributed by atoms with Crippen molar-refractivity contribution in [2.75, 3.05) is 5.01 Å². The maximum Gasteiger partial charge on any atom is 0.416 e. The summed E-state index contributed by atoms with van der Waals surface area (Å²) in [5.74, 6) is 0.503. The molecule has 4 rings (SSSR count). The molecule has 3 aromatic rings. The lowest BCUT2D eigenvalue weighted by Crippen LogP contribution is -2.31. The Labute approximate surface area is 128 Å². The van der Waals surface area contributed by atoms with E-state index in [4.69, 9.17) is 0 Å². The Balaban J connectivity index is 1.98. The number of hydrogen-bond acceptors (Lipinski definition) is 4.